The molecule has 0 aromatic heterocycles. The van der Waals surface area contributed by atoms with Crippen LogP contribution in [0.2, 0.25) is 0 Å². The summed E-state index contributed by atoms with van der Waals surface area (Å²) < 4.78 is 13.8. The Morgan fingerprint density at radius 3 is 0.865 bits per heavy atom. The standard InChI is InChI=1S/C83H96O6/c1-3-5-7-9-11-13-15-17-19-21-23-25-27-29-39-57-83(58-40-30-28-26-24-22-20-18-16-14-12-10-8-6-4-2,63-49-53-65(54-50-63)88-81-67-43-33-31-41-61(67)59-73-75(81)79(86)71-47-37-35-45-69(71)77(73)84)64-51-55-66(56-52-64)89-82-68-44-34-32-42-62(68)60-74-76(82)80(87)72-48-38-36-46-70(72)78(74)85/h31-38,41-56,59-60H,3-30,39-40,57-58H2,1-2H3. The smallest absolute Gasteiger partial charge is 0.198 e. The average Bonchev–Trinajstić information content (AvgIpc) is 0.809. The molecule has 6 nitrogen and oxygen atoms in total. The van der Waals surface area contributed by atoms with Crippen molar-refractivity contribution < 1.29 is 28.7 Å². The van der Waals surface area contributed by atoms with Crippen molar-refractivity contribution in [2.75, 3.05) is 0 Å². The third-order valence-corrected chi connectivity index (χ3v) is 19.4. The van der Waals surface area contributed by atoms with E-state index in [4.69, 9.17) is 9.47 Å². The van der Waals surface area contributed by atoms with Gasteiger partial charge < -0.3 is 9.47 Å². The fraction of sp³-hybridized carbons (Fsp3) is 0.422. The molecule has 6 heteroatoms. The van der Waals surface area contributed by atoms with E-state index < -0.39 is 0 Å². The number of benzene rings is 8. The maximum absolute atomic E-state index is 14.5. The second-order valence-corrected chi connectivity index (χ2v) is 25.8. The first kappa shape index (κ1) is 64.5. The molecule has 0 atom stereocenters. The Balaban J connectivity index is 0.920. The summed E-state index contributed by atoms with van der Waals surface area (Å²) in [5.41, 5.74) is 5.01. The van der Waals surface area contributed by atoms with Crippen molar-refractivity contribution in [3.05, 3.63) is 213 Å². The number of hydrogen-bond donors (Lipinski definition) is 0. The predicted octanol–water partition coefficient (Wildman–Crippen LogP) is 23.9. The number of unbranched alkanes of at least 4 members (excludes halogenated alkanes) is 28. The normalized spacial score (nSPS) is 12.8. The minimum absolute atomic E-state index is 0.175. The van der Waals surface area contributed by atoms with Gasteiger partial charge in [-0.25, -0.2) is 0 Å². The van der Waals surface area contributed by atoms with Gasteiger partial charge in [-0.15, -0.1) is 0 Å². The SMILES string of the molecule is CCCCCCCCCCCCCCCCCC(CCCCCCCCCCCCCCCCC)(c1ccc(Oc2c3c(cc4ccccc24)C(=O)c2ccccc2C3=O)cc1)c1ccc(Oc2c3c(cc4ccccc24)C(=O)c2ccccc2C3=O)cc1. The molecule has 0 heterocycles. The van der Waals surface area contributed by atoms with E-state index in [1.807, 2.05) is 84.9 Å². The van der Waals surface area contributed by atoms with Crippen molar-refractivity contribution >= 4 is 44.7 Å². The van der Waals surface area contributed by atoms with Crippen LogP contribution in [-0.2, 0) is 5.41 Å². The Morgan fingerprint density at radius 2 is 0.551 bits per heavy atom. The highest BCUT2D eigenvalue weighted by Crippen LogP contribution is 2.47. The number of carbonyl (C=O) groups is 4. The zero-order chi connectivity index (χ0) is 61.6. The lowest BCUT2D eigenvalue weighted by Gasteiger charge is -2.36. The van der Waals surface area contributed by atoms with Gasteiger partial charge in [-0.2, -0.15) is 0 Å². The molecule has 8 aromatic carbocycles. The van der Waals surface area contributed by atoms with E-state index in [1.54, 1.807) is 24.3 Å². The Bertz CT molecular complexity index is 3400. The number of ketones is 4. The highest BCUT2D eigenvalue weighted by molar-refractivity contribution is 6.32. The van der Waals surface area contributed by atoms with Gasteiger partial charge in [-0.1, -0.05) is 328 Å². The molecule has 0 spiro atoms. The molecule has 89 heavy (non-hydrogen) atoms. The van der Waals surface area contributed by atoms with Gasteiger partial charge in [-0.05, 0) is 71.1 Å². The van der Waals surface area contributed by atoms with Crippen LogP contribution in [0.15, 0.2) is 158 Å². The fourth-order valence-corrected chi connectivity index (χ4v) is 14.4. The fourth-order valence-electron chi connectivity index (χ4n) is 14.4. The maximum atomic E-state index is 14.5. The maximum Gasteiger partial charge on any atom is 0.198 e. The van der Waals surface area contributed by atoms with Crippen molar-refractivity contribution in [2.45, 2.75) is 225 Å². The quantitative estimate of drug-likeness (QED) is 0.0358. The Morgan fingerprint density at radius 1 is 0.281 bits per heavy atom. The molecular weight excluding hydrogens is 1090 g/mol. The van der Waals surface area contributed by atoms with Crippen molar-refractivity contribution in [3.63, 3.8) is 0 Å². The number of rotatable bonds is 38. The van der Waals surface area contributed by atoms with E-state index in [2.05, 4.69) is 62.4 Å². The lowest BCUT2D eigenvalue weighted by molar-refractivity contribution is 0.0977. The van der Waals surface area contributed by atoms with Crippen LogP contribution in [-0.4, -0.2) is 23.1 Å². The van der Waals surface area contributed by atoms with Crippen LogP contribution in [0.3, 0.4) is 0 Å². The van der Waals surface area contributed by atoms with E-state index in [9.17, 15) is 19.2 Å². The molecule has 10 rings (SSSR count). The Labute approximate surface area is 531 Å². The van der Waals surface area contributed by atoms with Crippen molar-refractivity contribution in [2.24, 2.45) is 0 Å². The van der Waals surface area contributed by atoms with Crippen molar-refractivity contribution in [1.29, 1.82) is 0 Å². The summed E-state index contributed by atoms with van der Waals surface area (Å²) in [6, 6.07) is 50.7. The highest BCUT2D eigenvalue weighted by Gasteiger charge is 2.37. The molecule has 2 aliphatic carbocycles. The minimum Gasteiger partial charge on any atom is -0.456 e. The van der Waals surface area contributed by atoms with Crippen molar-refractivity contribution in [3.8, 4) is 23.0 Å². The molecule has 0 unspecified atom stereocenters. The third kappa shape index (κ3) is 15.9. The summed E-state index contributed by atoms with van der Waals surface area (Å²) in [5.74, 6) is 1.22. The minimum atomic E-state index is -0.362. The summed E-state index contributed by atoms with van der Waals surface area (Å²) in [5, 5.41) is 3.22. The zero-order valence-corrected chi connectivity index (χ0v) is 53.6. The molecule has 2 aliphatic rings. The van der Waals surface area contributed by atoms with E-state index in [1.165, 1.54) is 178 Å². The summed E-state index contributed by atoms with van der Waals surface area (Å²) >= 11 is 0. The summed E-state index contributed by atoms with van der Waals surface area (Å²) in [7, 11) is 0. The van der Waals surface area contributed by atoms with Gasteiger partial charge in [0.2, 0.25) is 0 Å². The van der Waals surface area contributed by atoms with Gasteiger partial charge in [0.25, 0.3) is 0 Å². The Hall–Kier alpha value is -7.44. The first-order valence-corrected chi connectivity index (χ1v) is 34.9. The molecular formula is C83H96O6. The molecule has 8 aromatic rings. The van der Waals surface area contributed by atoms with Crippen LogP contribution in [0.5, 0.6) is 23.0 Å². The Kier molecular flexibility index (Phi) is 23.8. The summed E-state index contributed by atoms with van der Waals surface area (Å²) in [4.78, 5) is 57.2. The molecule has 0 amide bonds. The summed E-state index contributed by atoms with van der Waals surface area (Å²) in [6.45, 7) is 4.58. The highest BCUT2D eigenvalue weighted by atomic mass is 16.5. The zero-order valence-electron chi connectivity index (χ0n) is 53.6. The first-order valence-electron chi connectivity index (χ1n) is 34.9. The van der Waals surface area contributed by atoms with E-state index >= 15 is 0 Å². The van der Waals surface area contributed by atoms with Crippen molar-refractivity contribution in [1.82, 2.24) is 0 Å². The van der Waals surface area contributed by atoms with Gasteiger partial charge in [-0.3, -0.25) is 19.2 Å². The van der Waals surface area contributed by atoms with E-state index in [0.717, 1.165) is 60.1 Å². The van der Waals surface area contributed by atoms with Gasteiger partial charge in [0.05, 0.1) is 11.1 Å². The molecule has 0 saturated carbocycles. The monoisotopic (exact) mass is 1190 g/mol. The average molecular weight is 1190 g/mol. The van der Waals surface area contributed by atoms with Crippen LogP contribution in [0.4, 0.5) is 0 Å². The number of fused-ring (bicyclic) bond motifs is 6. The molecule has 0 N–H and O–H groups in total. The molecule has 0 saturated heterocycles. The van der Waals surface area contributed by atoms with Gasteiger partial charge >= 0.3 is 0 Å². The van der Waals surface area contributed by atoms with Crippen LogP contribution in [0, 0.1) is 0 Å². The van der Waals surface area contributed by atoms with Gasteiger partial charge in [0.1, 0.15) is 23.0 Å². The molecule has 0 fully saturated rings. The number of carbonyl (C=O) groups excluding carboxylic acids is 4. The van der Waals surface area contributed by atoms with E-state index in [0.29, 0.717) is 67.5 Å². The van der Waals surface area contributed by atoms with Gasteiger partial charge in [0, 0.05) is 49.6 Å². The topological polar surface area (TPSA) is 86.7 Å². The first-order chi connectivity index (χ1) is 43.8. The molecule has 0 aliphatic heterocycles. The lowest BCUT2D eigenvalue weighted by atomic mass is 9.68. The number of ether oxygens (including phenoxy) is 2. The molecule has 464 valence electrons. The molecule has 0 bridgehead atoms. The van der Waals surface area contributed by atoms with Crippen LogP contribution in [0.25, 0.3) is 21.5 Å². The molecule has 0 radical (unpaired) electrons. The second-order valence-electron chi connectivity index (χ2n) is 25.8. The lowest BCUT2D eigenvalue weighted by Crippen LogP contribution is -2.28. The summed E-state index contributed by atoms with van der Waals surface area (Å²) in [6.07, 6.45) is 41.2. The van der Waals surface area contributed by atoms with Crippen LogP contribution >= 0.6 is 0 Å². The van der Waals surface area contributed by atoms with Crippen LogP contribution in [0.1, 0.15) is 294 Å². The second kappa shape index (κ2) is 32.9. The van der Waals surface area contributed by atoms with Gasteiger partial charge in [0.15, 0.2) is 23.1 Å². The van der Waals surface area contributed by atoms with E-state index in [-0.39, 0.29) is 28.5 Å². The number of hydrogen-bond acceptors (Lipinski definition) is 6. The third-order valence-electron chi connectivity index (χ3n) is 19.4. The van der Waals surface area contributed by atoms with Crippen LogP contribution < -0.4 is 9.47 Å². The predicted molar refractivity (Wildman–Crippen MR) is 367 cm³/mol. The largest absolute Gasteiger partial charge is 0.456 e.